The van der Waals surface area contributed by atoms with E-state index in [9.17, 15) is 14.4 Å². The van der Waals surface area contributed by atoms with Crippen LogP contribution >= 0.6 is 0 Å². The molecule has 0 radical (unpaired) electrons. The number of carbonyl (C=O) groups excluding carboxylic acids is 3. The first kappa shape index (κ1) is 22.0. The number of benzene rings is 2. The molecule has 0 aliphatic carbocycles. The van der Waals surface area contributed by atoms with E-state index in [1.165, 1.54) is 0 Å². The Morgan fingerprint density at radius 2 is 1.72 bits per heavy atom. The highest BCUT2D eigenvalue weighted by Crippen LogP contribution is 2.45. The summed E-state index contributed by atoms with van der Waals surface area (Å²) in [6.07, 6.45) is 1.31. The predicted octanol–water partition coefficient (Wildman–Crippen LogP) is 3.51. The van der Waals surface area contributed by atoms with E-state index in [0.717, 1.165) is 12.0 Å². The van der Waals surface area contributed by atoms with Gasteiger partial charge >= 0.3 is 0 Å². The number of amides is 3. The molecule has 4 rings (SSSR count). The lowest BCUT2D eigenvalue weighted by Gasteiger charge is -2.41. The van der Waals surface area contributed by atoms with E-state index in [0.29, 0.717) is 49.4 Å². The Bertz CT molecular complexity index is 1020. The van der Waals surface area contributed by atoms with Crippen LogP contribution in [0.3, 0.4) is 0 Å². The number of hydrogen-bond acceptors (Lipinski definition) is 4. The summed E-state index contributed by atoms with van der Waals surface area (Å²) in [7, 11) is 0. The van der Waals surface area contributed by atoms with Crippen LogP contribution in [0.4, 0.5) is 5.69 Å². The number of ether oxygens (including phenoxy) is 1. The Labute approximate surface area is 188 Å². The second kappa shape index (κ2) is 9.53. The van der Waals surface area contributed by atoms with Crippen LogP contribution in [-0.2, 0) is 9.53 Å². The highest BCUT2D eigenvalue weighted by molar-refractivity contribution is 6.16. The third-order valence-corrected chi connectivity index (χ3v) is 5.78. The van der Waals surface area contributed by atoms with Crippen molar-refractivity contribution >= 4 is 23.4 Å². The van der Waals surface area contributed by atoms with Crippen LogP contribution in [-0.4, -0.2) is 48.4 Å². The zero-order valence-corrected chi connectivity index (χ0v) is 18.5. The minimum absolute atomic E-state index is 0.0424. The van der Waals surface area contributed by atoms with E-state index in [1.807, 2.05) is 44.2 Å². The minimum Gasteiger partial charge on any atom is -0.379 e. The van der Waals surface area contributed by atoms with Crippen molar-refractivity contribution in [2.45, 2.75) is 45.4 Å². The van der Waals surface area contributed by atoms with Crippen LogP contribution in [0.1, 0.15) is 65.6 Å². The summed E-state index contributed by atoms with van der Waals surface area (Å²) in [5, 5.41) is 2.90. The molecule has 2 aliphatic heterocycles. The van der Waals surface area contributed by atoms with Crippen molar-refractivity contribution in [2.75, 3.05) is 24.6 Å². The summed E-state index contributed by atoms with van der Waals surface area (Å²) < 4.78 is 5.47. The zero-order chi connectivity index (χ0) is 22.7. The third kappa shape index (κ3) is 4.25. The van der Waals surface area contributed by atoms with Crippen LogP contribution < -0.4 is 10.2 Å². The Morgan fingerprint density at radius 3 is 2.50 bits per heavy atom. The molecule has 7 heteroatoms. The summed E-state index contributed by atoms with van der Waals surface area (Å²) in [5.41, 5.74) is 2.60. The van der Waals surface area contributed by atoms with Gasteiger partial charge in [0.05, 0.1) is 17.4 Å². The second-order valence-electron chi connectivity index (χ2n) is 8.38. The number of anilines is 1. The van der Waals surface area contributed by atoms with Crippen molar-refractivity contribution in [1.82, 2.24) is 10.2 Å². The highest BCUT2D eigenvalue weighted by Gasteiger charge is 2.47. The fourth-order valence-corrected chi connectivity index (χ4v) is 4.32. The van der Waals surface area contributed by atoms with Crippen LogP contribution in [0.15, 0.2) is 48.5 Å². The lowest BCUT2D eigenvalue weighted by Crippen LogP contribution is -2.48. The summed E-state index contributed by atoms with van der Waals surface area (Å²) in [5.74, 6) is -0.256. The van der Waals surface area contributed by atoms with Crippen molar-refractivity contribution in [3.63, 3.8) is 0 Å². The number of rotatable bonds is 9. The van der Waals surface area contributed by atoms with Gasteiger partial charge in [-0.3, -0.25) is 19.3 Å². The van der Waals surface area contributed by atoms with E-state index in [4.69, 9.17) is 4.74 Å². The average Bonchev–Trinajstić information content (AvgIpc) is 3.08. The maximum absolute atomic E-state index is 13.3. The first-order chi connectivity index (χ1) is 15.5. The summed E-state index contributed by atoms with van der Waals surface area (Å²) in [6.45, 7) is 5.54. The van der Waals surface area contributed by atoms with Crippen LogP contribution in [0, 0.1) is 0 Å². The zero-order valence-electron chi connectivity index (χ0n) is 18.5. The van der Waals surface area contributed by atoms with E-state index in [-0.39, 0.29) is 23.8 Å². The van der Waals surface area contributed by atoms with Crippen molar-refractivity contribution in [3.05, 3.63) is 65.2 Å². The quantitative estimate of drug-likeness (QED) is 0.612. The predicted molar refractivity (Wildman–Crippen MR) is 121 cm³/mol. The Morgan fingerprint density at radius 1 is 1.00 bits per heavy atom. The molecule has 168 valence electrons. The molecule has 3 amide bonds. The highest BCUT2D eigenvalue weighted by atomic mass is 16.5. The molecule has 2 aliphatic rings. The normalized spacial score (nSPS) is 16.8. The standard InChI is InChI=1S/C25H29N3O4/c1-17(2)32-16-8-14-26-22(29)13-7-15-27-23-18-9-3-4-10-19(18)25(31)28(23)21-12-6-5-11-20(21)24(27)30/h3-6,9-12,17,23H,7-8,13-16H2,1-2H3,(H,26,29)/t23-/m0/s1. The Kier molecular flexibility index (Phi) is 6.55. The molecule has 1 N–H and O–H groups in total. The SMILES string of the molecule is CC(C)OCCCNC(=O)CCCN1C(=O)c2ccccc2N2C(=O)c3ccccc3[C@@H]12. The topological polar surface area (TPSA) is 79.0 Å². The molecular formula is C25H29N3O4. The number of nitrogens with zero attached hydrogens (tertiary/aromatic N) is 2. The van der Waals surface area contributed by atoms with Gasteiger partial charge in [0.25, 0.3) is 11.8 Å². The molecule has 1 atom stereocenters. The monoisotopic (exact) mass is 435 g/mol. The van der Waals surface area contributed by atoms with Gasteiger partial charge in [-0.15, -0.1) is 0 Å². The first-order valence-corrected chi connectivity index (χ1v) is 11.2. The fraction of sp³-hybridized carbons (Fsp3) is 0.400. The maximum Gasteiger partial charge on any atom is 0.260 e. The van der Waals surface area contributed by atoms with Gasteiger partial charge in [-0.1, -0.05) is 30.3 Å². The van der Waals surface area contributed by atoms with Crippen LogP contribution in [0.2, 0.25) is 0 Å². The molecule has 2 aromatic rings. The van der Waals surface area contributed by atoms with E-state index in [1.54, 1.807) is 28.0 Å². The molecule has 32 heavy (non-hydrogen) atoms. The number of para-hydroxylation sites is 1. The molecule has 0 saturated carbocycles. The van der Waals surface area contributed by atoms with Crippen molar-refractivity contribution in [3.8, 4) is 0 Å². The first-order valence-electron chi connectivity index (χ1n) is 11.2. The van der Waals surface area contributed by atoms with Gasteiger partial charge < -0.3 is 15.0 Å². The van der Waals surface area contributed by atoms with Crippen LogP contribution in [0.25, 0.3) is 0 Å². The number of fused-ring (bicyclic) bond motifs is 5. The smallest absolute Gasteiger partial charge is 0.260 e. The summed E-state index contributed by atoms with van der Waals surface area (Å²) >= 11 is 0. The van der Waals surface area contributed by atoms with E-state index in [2.05, 4.69) is 5.32 Å². The fourth-order valence-electron chi connectivity index (χ4n) is 4.32. The molecule has 0 aromatic heterocycles. The molecule has 0 saturated heterocycles. The number of hydrogen-bond donors (Lipinski definition) is 1. The number of nitrogens with one attached hydrogen (secondary N) is 1. The van der Waals surface area contributed by atoms with Gasteiger partial charge in [-0.25, -0.2) is 0 Å². The van der Waals surface area contributed by atoms with Crippen molar-refractivity contribution < 1.29 is 19.1 Å². The van der Waals surface area contributed by atoms with Gasteiger partial charge in [0.15, 0.2) is 0 Å². The second-order valence-corrected chi connectivity index (χ2v) is 8.38. The lowest BCUT2D eigenvalue weighted by molar-refractivity contribution is -0.121. The van der Waals surface area contributed by atoms with Gasteiger partial charge in [0.2, 0.25) is 5.91 Å². The Hall–Kier alpha value is -3.19. The molecule has 7 nitrogen and oxygen atoms in total. The molecule has 2 aromatic carbocycles. The van der Waals surface area contributed by atoms with Gasteiger partial charge in [0, 0.05) is 37.2 Å². The number of carbonyl (C=O) groups is 3. The van der Waals surface area contributed by atoms with Crippen molar-refractivity contribution in [2.24, 2.45) is 0 Å². The van der Waals surface area contributed by atoms with Gasteiger partial charge in [0.1, 0.15) is 6.17 Å². The molecular weight excluding hydrogens is 406 g/mol. The third-order valence-electron chi connectivity index (χ3n) is 5.78. The average molecular weight is 436 g/mol. The lowest BCUT2D eigenvalue weighted by atomic mass is 10.0. The summed E-state index contributed by atoms with van der Waals surface area (Å²) in [6, 6.07) is 14.6. The van der Waals surface area contributed by atoms with E-state index < -0.39 is 6.17 Å². The van der Waals surface area contributed by atoms with Gasteiger partial charge in [-0.05, 0) is 44.9 Å². The minimum atomic E-state index is -0.475. The summed E-state index contributed by atoms with van der Waals surface area (Å²) in [4.78, 5) is 42.1. The molecule has 0 spiro atoms. The van der Waals surface area contributed by atoms with Crippen LogP contribution in [0.5, 0.6) is 0 Å². The molecule has 2 heterocycles. The van der Waals surface area contributed by atoms with Gasteiger partial charge in [-0.2, -0.15) is 0 Å². The molecule has 0 fully saturated rings. The molecule has 0 unspecified atom stereocenters. The Balaban J connectivity index is 1.43. The molecule has 0 bridgehead atoms. The largest absolute Gasteiger partial charge is 0.379 e. The van der Waals surface area contributed by atoms with E-state index >= 15 is 0 Å². The van der Waals surface area contributed by atoms with Crippen molar-refractivity contribution in [1.29, 1.82) is 0 Å². The maximum atomic E-state index is 13.3.